The van der Waals surface area contributed by atoms with Crippen molar-refractivity contribution in [2.75, 3.05) is 16.5 Å². The Labute approximate surface area is 133 Å². The van der Waals surface area contributed by atoms with Gasteiger partial charge in [0.15, 0.2) is 0 Å². The Balaban J connectivity index is 2.15. The molecule has 0 saturated heterocycles. The fraction of sp³-hybridized carbons (Fsp3) is 0.400. The lowest BCUT2D eigenvalue weighted by Crippen LogP contribution is -2.47. The zero-order valence-corrected chi connectivity index (χ0v) is 13.0. The molecule has 1 aromatic rings. The Morgan fingerprint density at radius 2 is 2.18 bits per heavy atom. The second-order valence-electron chi connectivity index (χ2n) is 5.13. The third-order valence-electron chi connectivity index (χ3n) is 3.33. The molecule has 6 nitrogen and oxygen atoms in total. The molecule has 118 valence electrons. The van der Waals surface area contributed by atoms with Crippen LogP contribution >= 0.6 is 11.6 Å². The molecule has 1 heterocycles. The first-order valence-electron chi connectivity index (χ1n) is 7.07. The number of halogens is 1. The maximum atomic E-state index is 12.0. The lowest BCUT2D eigenvalue weighted by molar-refractivity contribution is -0.125. The van der Waals surface area contributed by atoms with Crippen LogP contribution in [0.1, 0.15) is 25.3 Å². The van der Waals surface area contributed by atoms with Crippen LogP contribution in [0, 0.1) is 0 Å². The summed E-state index contributed by atoms with van der Waals surface area (Å²) in [7, 11) is 0. The minimum absolute atomic E-state index is 0.146. The molecule has 1 unspecified atom stereocenters. The Morgan fingerprint density at radius 1 is 1.41 bits per heavy atom. The number of hydrogen-bond donors (Lipinski definition) is 3. The third kappa shape index (κ3) is 3.98. The summed E-state index contributed by atoms with van der Waals surface area (Å²) in [5.74, 6) is -0.262. The van der Waals surface area contributed by atoms with Crippen LogP contribution in [0.25, 0.3) is 0 Å². The van der Waals surface area contributed by atoms with E-state index in [0.717, 1.165) is 5.56 Å². The number of rotatable bonds is 5. The van der Waals surface area contributed by atoms with Crippen LogP contribution in [0.5, 0.6) is 0 Å². The third-order valence-corrected chi connectivity index (χ3v) is 3.60. The monoisotopic (exact) mass is 323 g/mol. The quantitative estimate of drug-likeness (QED) is 0.720. The van der Waals surface area contributed by atoms with E-state index in [1.807, 2.05) is 6.07 Å². The molecule has 0 fully saturated rings. The highest BCUT2D eigenvalue weighted by Gasteiger charge is 2.28. The first kappa shape index (κ1) is 16.3. The van der Waals surface area contributed by atoms with E-state index in [0.29, 0.717) is 36.5 Å². The highest BCUT2D eigenvalue weighted by Crippen LogP contribution is 2.30. The Morgan fingerprint density at radius 3 is 2.86 bits per heavy atom. The highest BCUT2D eigenvalue weighted by molar-refractivity contribution is 6.18. The number of nitrogens with one attached hydrogen (secondary N) is 3. The average Bonchev–Trinajstić information content (AvgIpc) is 2.46. The molecule has 0 bridgehead atoms. The summed E-state index contributed by atoms with van der Waals surface area (Å²) >= 11 is 5.57. The van der Waals surface area contributed by atoms with Gasteiger partial charge in [0.2, 0.25) is 17.7 Å². The number of fused-ring (bicyclic) bond motifs is 1. The fourth-order valence-corrected chi connectivity index (χ4v) is 2.48. The van der Waals surface area contributed by atoms with Crippen LogP contribution in [-0.4, -0.2) is 29.6 Å². The van der Waals surface area contributed by atoms with Crippen LogP contribution in [-0.2, 0) is 20.8 Å². The van der Waals surface area contributed by atoms with E-state index in [4.69, 9.17) is 11.6 Å². The zero-order chi connectivity index (χ0) is 16.1. The van der Waals surface area contributed by atoms with Gasteiger partial charge in [-0.3, -0.25) is 14.4 Å². The summed E-state index contributed by atoms with van der Waals surface area (Å²) in [6, 6.07) is 4.81. The van der Waals surface area contributed by atoms with Gasteiger partial charge < -0.3 is 16.0 Å². The van der Waals surface area contributed by atoms with E-state index in [9.17, 15) is 14.4 Å². The Bertz CT molecular complexity index is 604. The van der Waals surface area contributed by atoms with E-state index in [1.54, 1.807) is 12.1 Å². The normalized spacial score (nSPS) is 16.5. The van der Waals surface area contributed by atoms with Crippen molar-refractivity contribution in [3.05, 3.63) is 23.8 Å². The molecule has 2 rings (SSSR count). The molecule has 0 aromatic heterocycles. The second kappa shape index (κ2) is 7.26. The summed E-state index contributed by atoms with van der Waals surface area (Å²) in [6.07, 6.45) is 1.32. The van der Waals surface area contributed by atoms with E-state index in [2.05, 4.69) is 16.0 Å². The van der Waals surface area contributed by atoms with Crippen LogP contribution in [0.15, 0.2) is 18.2 Å². The van der Waals surface area contributed by atoms with Crippen molar-refractivity contribution >= 4 is 40.7 Å². The molecular formula is C15H18ClN3O3. The van der Waals surface area contributed by atoms with Crippen molar-refractivity contribution in [3.63, 3.8) is 0 Å². The van der Waals surface area contributed by atoms with Crippen molar-refractivity contribution in [1.82, 2.24) is 5.32 Å². The highest BCUT2D eigenvalue weighted by atomic mass is 35.5. The lowest BCUT2D eigenvalue weighted by atomic mass is 9.97. The summed E-state index contributed by atoms with van der Waals surface area (Å²) < 4.78 is 0. The summed E-state index contributed by atoms with van der Waals surface area (Å²) in [5, 5.41) is 8.14. The molecule has 1 aromatic carbocycles. The van der Waals surface area contributed by atoms with Crippen LogP contribution < -0.4 is 16.0 Å². The number of para-hydroxylation sites is 1. The van der Waals surface area contributed by atoms with Crippen LogP contribution in [0.4, 0.5) is 11.4 Å². The van der Waals surface area contributed by atoms with Gasteiger partial charge in [0.25, 0.3) is 0 Å². The van der Waals surface area contributed by atoms with Gasteiger partial charge >= 0.3 is 0 Å². The molecule has 0 radical (unpaired) electrons. The first-order chi connectivity index (χ1) is 10.5. The standard InChI is InChI=1S/C15H18ClN3O3/c1-9(20)17-12-8-10-4-2-5-11(14(10)19-15(12)22)18-13(21)6-3-7-16/h2,4-5,12H,3,6-8H2,1H3,(H,17,20)(H,18,21)(H,19,22). The summed E-state index contributed by atoms with van der Waals surface area (Å²) in [6.45, 7) is 1.37. The predicted octanol–water partition coefficient (Wildman–Crippen LogP) is 1.64. The van der Waals surface area contributed by atoms with Crippen LogP contribution in [0.2, 0.25) is 0 Å². The molecule has 3 N–H and O–H groups in total. The fourth-order valence-electron chi connectivity index (χ4n) is 2.35. The topological polar surface area (TPSA) is 87.3 Å². The lowest BCUT2D eigenvalue weighted by Gasteiger charge is -2.26. The Hall–Kier alpha value is -2.08. The predicted molar refractivity (Wildman–Crippen MR) is 85.0 cm³/mol. The van der Waals surface area contributed by atoms with E-state index >= 15 is 0 Å². The molecule has 0 saturated carbocycles. The van der Waals surface area contributed by atoms with E-state index in [-0.39, 0.29) is 17.7 Å². The van der Waals surface area contributed by atoms with Gasteiger partial charge in [0, 0.05) is 25.6 Å². The molecule has 3 amide bonds. The minimum Gasteiger partial charge on any atom is -0.344 e. The van der Waals surface area contributed by atoms with Crippen LogP contribution in [0.3, 0.4) is 0 Å². The number of carbonyl (C=O) groups is 3. The van der Waals surface area contributed by atoms with Gasteiger partial charge in [-0.05, 0) is 18.1 Å². The number of alkyl halides is 1. The van der Waals surface area contributed by atoms with Crippen molar-refractivity contribution < 1.29 is 14.4 Å². The zero-order valence-electron chi connectivity index (χ0n) is 12.2. The maximum absolute atomic E-state index is 12.0. The van der Waals surface area contributed by atoms with Gasteiger partial charge in [-0.1, -0.05) is 12.1 Å². The molecule has 1 aliphatic heterocycles. The molecule has 22 heavy (non-hydrogen) atoms. The number of carbonyl (C=O) groups excluding carboxylic acids is 3. The Kier molecular flexibility index (Phi) is 5.38. The molecular weight excluding hydrogens is 306 g/mol. The van der Waals surface area contributed by atoms with Crippen molar-refractivity contribution in [1.29, 1.82) is 0 Å². The molecule has 0 spiro atoms. The van der Waals surface area contributed by atoms with Gasteiger partial charge in [-0.15, -0.1) is 11.6 Å². The minimum atomic E-state index is -0.591. The SMILES string of the molecule is CC(=O)NC1Cc2cccc(NC(=O)CCCCl)c2NC1=O. The van der Waals surface area contributed by atoms with Crippen molar-refractivity contribution in [2.45, 2.75) is 32.2 Å². The van der Waals surface area contributed by atoms with Gasteiger partial charge in [0.1, 0.15) is 6.04 Å². The molecule has 1 aliphatic rings. The molecule has 0 aliphatic carbocycles. The largest absolute Gasteiger partial charge is 0.344 e. The second-order valence-corrected chi connectivity index (χ2v) is 5.50. The average molecular weight is 324 g/mol. The van der Waals surface area contributed by atoms with E-state index in [1.165, 1.54) is 6.92 Å². The maximum Gasteiger partial charge on any atom is 0.247 e. The smallest absolute Gasteiger partial charge is 0.247 e. The summed E-state index contributed by atoms with van der Waals surface area (Å²) in [4.78, 5) is 35.0. The number of anilines is 2. The van der Waals surface area contributed by atoms with Gasteiger partial charge in [0.05, 0.1) is 11.4 Å². The van der Waals surface area contributed by atoms with Gasteiger partial charge in [-0.2, -0.15) is 0 Å². The van der Waals surface area contributed by atoms with E-state index < -0.39 is 6.04 Å². The van der Waals surface area contributed by atoms with Crippen molar-refractivity contribution in [2.24, 2.45) is 0 Å². The van der Waals surface area contributed by atoms with Gasteiger partial charge in [-0.25, -0.2) is 0 Å². The summed E-state index contributed by atoms with van der Waals surface area (Å²) in [5.41, 5.74) is 2.02. The number of hydrogen-bond acceptors (Lipinski definition) is 3. The first-order valence-corrected chi connectivity index (χ1v) is 7.60. The molecule has 7 heteroatoms. The van der Waals surface area contributed by atoms with Crippen molar-refractivity contribution in [3.8, 4) is 0 Å². The number of amides is 3. The molecule has 1 atom stereocenters. The number of benzene rings is 1.